The first-order valence-electron chi connectivity index (χ1n) is 3.08. The van der Waals surface area contributed by atoms with Crippen LogP contribution in [0.5, 0.6) is 0 Å². The topological polar surface area (TPSA) is 67.2 Å². The lowest BCUT2D eigenvalue weighted by Crippen LogP contribution is -2.16. The first-order valence-corrected chi connectivity index (χ1v) is 3.08. The quantitative estimate of drug-likeness (QED) is 0.549. The van der Waals surface area contributed by atoms with E-state index in [1.165, 1.54) is 14.0 Å². The molecule has 0 fully saturated rings. The molecule has 0 saturated carbocycles. The summed E-state index contributed by atoms with van der Waals surface area (Å²) in [6, 6.07) is 1.69. The SMILES string of the molecule is COC(=O)C(C#N)CC(C)=O. The van der Waals surface area contributed by atoms with Gasteiger partial charge >= 0.3 is 5.97 Å². The molecule has 1 unspecified atom stereocenters. The van der Waals surface area contributed by atoms with E-state index in [0.717, 1.165) is 0 Å². The van der Waals surface area contributed by atoms with Crippen molar-refractivity contribution >= 4 is 11.8 Å². The molecule has 4 nitrogen and oxygen atoms in total. The van der Waals surface area contributed by atoms with Crippen molar-refractivity contribution in [1.29, 1.82) is 5.26 Å². The van der Waals surface area contributed by atoms with E-state index in [9.17, 15) is 9.59 Å². The largest absolute Gasteiger partial charge is 0.468 e. The summed E-state index contributed by atoms with van der Waals surface area (Å²) in [5, 5.41) is 8.37. The van der Waals surface area contributed by atoms with Gasteiger partial charge in [0.25, 0.3) is 0 Å². The van der Waals surface area contributed by atoms with E-state index < -0.39 is 11.9 Å². The molecule has 0 bridgehead atoms. The zero-order valence-corrected chi connectivity index (χ0v) is 6.46. The summed E-state index contributed by atoms with van der Waals surface area (Å²) in [5.41, 5.74) is 0. The van der Waals surface area contributed by atoms with Gasteiger partial charge in [-0.05, 0) is 6.92 Å². The normalized spacial score (nSPS) is 11.4. The van der Waals surface area contributed by atoms with Crippen LogP contribution in [0.2, 0.25) is 0 Å². The fourth-order valence-electron chi connectivity index (χ4n) is 0.611. The Balaban J connectivity index is 4.09. The van der Waals surface area contributed by atoms with Crippen LogP contribution in [0.25, 0.3) is 0 Å². The van der Waals surface area contributed by atoms with Crippen molar-refractivity contribution in [2.45, 2.75) is 13.3 Å². The van der Waals surface area contributed by atoms with Crippen molar-refractivity contribution in [2.24, 2.45) is 5.92 Å². The molecule has 0 spiro atoms. The lowest BCUT2D eigenvalue weighted by molar-refractivity contribution is -0.144. The maximum Gasteiger partial charge on any atom is 0.323 e. The number of ether oxygens (including phenoxy) is 1. The molecule has 60 valence electrons. The van der Waals surface area contributed by atoms with Crippen LogP contribution in [0.15, 0.2) is 0 Å². The smallest absolute Gasteiger partial charge is 0.323 e. The highest BCUT2D eigenvalue weighted by Gasteiger charge is 2.19. The van der Waals surface area contributed by atoms with E-state index in [4.69, 9.17) is 5.26 Å². The van der Waals surface area contributed by atoms with Gasteiger partial charge in [-0.3, -0.25) is 9.59 Å². The van der Waals surface area contributed by atoms with Gasteiger partial charge in [-0.15, -0.1) is 0 Å². The van der Waals surface area contributed by atoms with E-state index in [2.05, 4.69) is 4.74 Å². The zero-order chi connectivity index (χ0) is 8.85. The number of nitriles is 1. The van der Waals surface area contributed by atoms with Crippen molar-refractivity contribution in [3.05, 3.63) is 0 Å². The predicted molar refractivity (Wildman–Crippen MR) is 36.4 cm³/mol. The minimum absolute atomic E-state index is 0.0663. The van der Waals surface area contributed by atoms with Gasteiger partial charge in [0.15, 0.2) is 5.92 Å². The molecule has 0 aromatic rings. The molecule has 0 aromatic carbocycles. The van der Waals surface area contributed by atoms with Crippen molar-refractivity contribution in [1.82, 2.24) is 0 Å². The summed E-state index contributed by atoms with van der Waals surface area (Å²) in [4.78, 5) is 21.2. The Morgan fingerprint density at radius 1 is 1.64 bits per heavy atom. The Labute approximate surface area is 64.8 Å². The number of nitrogens with zero attached hydrogens (tertiary/aromatic N) is 1. The molecule has 4 heteroatoms. The van der Waals surface area contributed by atoms with Crippen LogP contribution in [-0.2, 0) is 14.3 Å². The van der Waals surface area contributed by atoms with Gasteiger partial charge in [0.05, 0.1) is 13.2 Å². The van der Waals surface area contributed by atoms with Gasteiger partial charge in [0.1, 0.15) is 5.78 Å². The van der Waals surface area contributed by atoms with Gasteiger partial charge in [0, 0.05) is 6.42 Å². The second-order valence-electron chi connectivity index (χ2n) is 2.11. The number of methoxy groups -OCH3 is 1. The first-order chi connectivity index (χ1) is 5.11. The van der Waals surface area contributed by atoms with E-state index >= 15 is 0 Å². The third kappa shape index (κ3) is 3.36. The molecule has 11 heavy (non-hydrogen) atoms. The summed E-state index contributed by atoms with van der Waals surface area (Å²) in [5.74, 6) is -1.79. The average Bonchev–Trinajstić information content (AvgIpc) is 1.98. The number of hydrogen-bond acceptors (Lipinski definition) is 4. The number of hydrogen-bond donors (Lipinski definition) is 0. The summed E-state index contributed by atoms with van der Waals surface area (Å²) in [7, 11) is 1.19. The Morgan fingerprint density at radius 2 is 2.18 bits per heavy atom. The number of Topliss-reactive ketones (excluding diaryl/α,β-unsaturated/α-hetero) is 1. The Kier molecular flexibility index (Phi) is 3.89. The van der Waals surface area contributed by atoms with E-state index in [0.29, 0.717) is 0 Å². The number of ketones is 1. The second-order valence-corrected chi connectivity index (χ2v) is 2.11. The summed E-state index contributed by atoms with van der Waals surface area (Å²) in [6.45, 7) is 1.33. The molecule has 0 aliphatic carbocycles. The Bertz CT molecular complexity index is 204. The molecule has 0 rings (SSSR count). The van der Waals surface area contributed by atoms with Crippen LogP contribution >= 0.6 is 0 Å². The van der Waals surface area contributed by atoms with Gasteiger partial charge in [-0.1, -0.05) is 0 Å². The first kappa shape index (κ1) is 9.63. The van der Waals surface area contributed by atoms with Crippen LogP contribution in [-0.4, -0.2) is 18.9 Å². The number of rotatable bonds is 3. The molecule has 0 heterocycles. The van der Waals surface area contributed by atoms with Crippen molar-refractivity contribution < 1.29 is 14.3 Å². The van der Waals surface area contributed by atoms with E-state index in [1.807, 2.05) is 0 Å². The molecule has 0 aromatic heterocycles. The highest BCUT2D eigenvalue weighted by molar-refractivity contribution is 5.84. The third-order valence-corrected chi connectivity index (χ3v) is 1.13. The van der Waals surface area contributed by atoms with Crippen LogP contribution in [0.1, 0.15) is 13.3 Å². The third-order valence-electron chi connectivity index (χ3n) is 1.13. The lowest BCUT2D eigenvalue weighted by Gasteiger charge is -2.02. The van der Waals surface area contributed by atoms with Crippen LogP contribution in [0.4, 0.5) is 0 Å². The zero-order valence-electron chi connectivity index (χ0n) is 6.46. The van der Waals surface area contributed by atoms with Crippen molar-refractivity contribution in [3.63, 3.8) is 0 Å². The van der Waals surface area contributed by atoms with Crippen LogP contribution in [0.3, 0.4) is 0 Å². The molecular formula is C7H9NO3. The maximum atomic E-state index is 10.7. The predicted octanol–water partition coefficient (Wildman–Crippen LogP) is 0.278. The maximum absolute atomic E-state index is 10.7. The summed E-state index contributed by atoms with van der Waals surface area (Å²) < 4.78 is 4.29. The summed E-state index contributed by atoms with van der Waals surface area (Å²) >= 11 is 0. The molecule has 1 atom stereocenters. The van der Waals surface area contributed by atoms with Crippen LogP contribution < -0.4 is 0 Å². The second kappa shape index (κ2) is 4.45. The van der Waals surface area contributed by atoms with E-state index in [1.54, 1.807) is 6.07 Å². The minimum atomic E-state index is -0.947. The fourth-order valence-corrected chi connectivity index (χ4v) is 0.611. The van der Waals surface area contributed by atoms with Gasteiger partial charge < -0.3 is 4.74 Å². The Morgan fingerprint density at radius 3 is 2.45 bits per heavy atom. The molecule has 0 saturated heterocycles. The minimum Gasteiger partial charge on any atom is -0.468 e. The van der Waals surface area contributed by atoms with E-state index in [-0.39, 0.29) is 12.2 Å². The standard InChI is InChI=1S/C7H9NO3/c1-5(9)3-6(4-8)7(10)11-2/h6H,3H2,1-2H3. The molecule has 0 aliphatic rings. The van der Waals surface area contributed by atoms with Gasteiger partial charge in [0.2, 0.25) is 0 Å². The number of esters is 1. The molecule has 0 amide bonds. The van der Waals surface area contributed by atoms with Gasteiger partial charge in [-0.2, -0.15) is 5.26 Å². The van der Waals surface area contributed by atoms with Gasteiger partial charge in [-0.25, -0.2) is 0 Å². The molecular weight excluding hydrogens is 146 g/mol. The molecule has 0 radical (unpaired) electrons. The summed E-state index contributed by atoms with van der Waals surface area (Å²) in [6.07, 6.45) is -0.0663. The number of carbonyl (C=O) groups is 2. The number of carbonyl (C=O) groups excluding carboxylic acids is 2. The molecule has 0 N–H and O–H groups in total. The highest BCUT2D eigenvalue weighted by atomic mass is 16.5. The average molecular weight is 155 g/mol. The lowest BCUT2D eigenvalue weighted by atomic mass is 10.1. The fraction of sp³-hybridized carbons (Fsp3) is 0.571. The highest BCUT2D eigenvalue weighted by Crippen LogP contribution is 2.03. The molecule has 0 aliphatic heterocycles. The Hall–Kier alpha value is -1.37. The van der Waals surface area contributed by atoms with Crippen molar-refractivity contribution in [3.8, 4) is 6.07 Å². The van der Waals surface area contributed by atoms with Crippen LogP contribution in [0, 0.1) is 17.2 Å². The van der Waals surface area contributed by atoms with Crippen molar-refractivity contribution in [2.75, 3.05) is 7.11 Å². The monoisotopic (exact) mass is 155 g/mol.